The highest BCUT2D eigenvalue weighted by Gasteiger charge is 2.27. The molecule has 21 heavy (non-hydrogen) atoms. The molecule has 0 N–H and O–H groups in total. The lowest BCUT2D eigenvalue weighted by Crippen LogP contribution is -2.50. The molecule has 0 radical (unpaired) electrons. The van der Waals surface area contributed by atoms with Gasteiger partial charge in [0, 0.05) is 38.8 Å². The molecule has 116 valence electrons. The first-order chi connectivity index (χ1) is 9.71. The van der Waals surface area contributed by atoms with Crippen molar-refractivity contribution in [1.82, 2.24) is 19.6 Å². The molecule has 0 aromatic carbocycles. The first kappa shape index (κ1) is 15.5. The van der Waals surface area contributed by atoms with E-state index in [1.165, 1.54) is 0 Å². The van der Waals surface area contributed by atoms with Gasteiger partial charge in [0.2, 0.25) is 5.91 Å². The summed E-state index contributed by atoms with van der Waals surface area (Å²) < 4.78 is 1.88. The molecule has 1 aliphatic rings. The molecule has 1 aromatic heterocycles. The van der Waals surface area contributed by atoms with Gasteiger partial charge in [-0.25, -0.2) is 0 Å². The maximum Gasteiger partial charge on any atom is 0.257 e. The van der Waals surface area contributed by atoms with E-state index in [0.717, 1.165) is 5.69 Å². The van der Waals surface area contributed by atoms with E-state index >= 15 is 0 Å². The predicted octanol–water partition coefficient (Wildman–Crippen LogP) is 1.25. The van der Waals surface area contributed by atoms with Gasteiger partial charge in [0.1, 0.15) is 0 Å². The summed E-state index contributed by atoms with van der Waals surface area (Å²) in [4.78, 5) is 27.5. The molecule has 0 aliphatic carbocycles. The van der Waals surface area contributed by atoms with Gasteiger partial charge < -0.3 is 9.80 Å². The third-order valence-corrected chi connectivity index (χ3v) is 3.89. The van der Waals surface area contributed by atoms with E-state index in [9.17, 15) is 9.59 Å². The molecule has 6 nitrogen and oxygen atoms in total. The molecule has 1 fully saturated rings. The fourth-order valence-corrected chi connectivity index (χ4v) is 2.69. The number of piperazine rings is 1. The van der Waals surface area contributed by atoms with Crippen LogP contribution in [0.1, 0.15) is 43.7 Å². The van der Waals surface area contributed by atoms with E-state index < -0.39 is 0 Å². The summed E-state index contributed by atoms with van der Waals surface area (Å²) in [6.07, 6.45) is 1.65. The van der Waals surface area contributed by atoms with Gasteiger partial charge in [-0.15, -0.1) is 0 Å². The fourth-order valence-electron chi connectivity index (χ4n) is 2.69. The second-order valence-electron chi connectivity index (χ2n) is 6.52. The van der Waals surface area contributed by atoms with Gasteiger partial charge in [-0.2, -0.15) is 5.10 Å². The van der Waals surface area contributed by atoms with Crippen LogP contribution >= 0.6 is 0 Å². The lowest BCUT2D eigenvalue weighted by molar-refractivity contribution is -0.130. The van der Waals surface area contributed by atoms with Gasteiger partial charge in [-0.1, -0.05) is 0 Å². The number of nitrogens with zero attached hydrogens (tertiary/aromatic N) is 4. The number of carbonyl (C=O) groups excluding carboxylic acids is 2. The quantitative estimate of drug-likeness (QED) is 0.783. The van der Waals surface area contributed by atoms with Crippen LogP contribution in [0, 0.1) is 6.92 Å². The zero-order valence-corrected chi connectivity index (χ0v) is 13.5. The third kappa shape index (κ3) is 3.09. The van der Waals surface area contributed by atoms with Crippen molar-refractivity contribution in [2.24, 2.45) is 0 Å². The van der Waals surface area contributed by atoms with Crippen molar-refractivity contribution in [3.8, 4) is 0 Å². The Bertz CT molecular complexity index is 549. The molecular weight excluding hydrogens is 268 g/mol. The maximum atomic E-state index is 12.6. The van der Waals surface area contributed by atoms with Crippen LogP contribution in [0.15, 0.2) is 6.20 Å². The van der Waals surface area contributed by atoms with Crippen LogP contribution in [0.3, 0.4) is 0 Å². The van der Waals surface area contributed by atoms with Crippen molar-refractivity contribution in [1.29, 1.82) is 0 Å². The highest BCUT2D eigenvalue weighted by molar-refractivity contribution is 5.95. The highest BCUT2D eigenvalue weighted by atomic mass is 16.2. The summed E-state index contributed by atoms with van der Waals surface area (Å²) in [6, 6.07) is 0. The number of hydrogen-bond donors (Lipinski definition) is 0. The molecule has 0 bridgehead atoms. The topological polar surface area (TPSA) is 58.4 Å². The summed E-state index contributed by atoms with van der Waals surface area (Å²) in [5.74, 6) is 0.0741. The average Bonchev–Trinajstić information content (AvgIpc) is 2.79. The van der Waals surface area contributed by atoms with Crippen molar-refractivity contribution in [2.45, 2.75) is 40.2 Å². The van der Waals surface area contributed by atoms with Crippen LogP contribution in [-0.4, -0.2) is 57.6 Å². The fraction of sp³-hybridized carbons (Fsp3) is 0.667. The van der Waals surface area contributed by atoms with Crippen LogP contribution in [0.5, 0.6) is 0 Å². The standard InChI is InChI=1S/C15H24N4O2/c1-11-13(10-16-19(11)15(3,4)5)14(21)18-8-6-17(7-9-18)12(2)20/h10H,6-9H2,1-5H3. The number of carbonyl (C=O) groups is 2. The minimum absolute atomic E-state index is 0.00574. The Labute approximate surface area is 125 Å². The Morgan fingerprint density at radius 1 is 1.10 bits per heavy atom. The maximum absolute atomic E-state index is 12.6. The summed E-state index contributed by atoms with van der Waals surface area (Å²) in [5, 5.41) is 4.35. The number of rotatable bonds is 1. The molecule has 2 amide bonds. The van der Waals surface area contributed by atoms with Crippen LogP contribution in [-0.2, 0) is 10.3 Å². The number of hydrogen-bond acceptors (Lipinski definition) is 3. The Hall–Kier alpha value is -1.85. The molecular formula is C15H24N4O2. The van der Waals surface area contributed by atoms with Crippen molar-refractivity contribution in [3.63, 3.8) is 0 Å². The highest BCUT2D eigenvalue weighted by Crippen LogP contribution is 2.20. The average molecular weight is 292 g/mol. The molecule has 2 rings (SSSR count). The van der Waals surface area contributed by atoms with Gasteiger partial charge in [0.05, 0.1) is 17.3 Å². The predicted molar refractivity (Wildman–Crippen MR) is 80.1 cm³/mol. The monoisotopic (exact) mass is 292 g/mol. The largest absolute Gasteiger partial charge is 0.339 e. The van der Waals surface area contributed by atoms with Gasteiger partial charge in [0.25, 0.3) is 5.91 Å². The second-order valence-corrected chi connectivity index (χ2v) is 6.52. The van der Waals surface area contributed by atoms with Crippen molar-refractivity contribution < 1.29 is 9.59 Å². The van der Waals surface area contributed by atoms with Crippen molar-refractivity contribution in [2.75, 3.05) is 26.2 Å². The smallest absolute Gasteiger partial charge is 0.257 e. The number of aromatic nitrogens is 2. The Morgan fingerprint density at radius 3 is 2.05 bits per heavy atom. The van der Waals surface area contributed by atoms with Gasteiger partial charge in [-0.3, -0.25) is 14.3 Å². The Morgan fingerprint density at radius 2 is 1.62 bits per heavy atom. The normalized spacial score (nSPS) is 16.2. The molecule has 0 saturated carbocycles. The van der Waals surface area contributed by atoms with E-state index in [1.807, 2.05) is 11.6 Å². The third-order valence-electron chi connectivity index (χ3n) is 3.89. The molecule has 6 heteroatoms. The molecule has 1 aromatic rings. The Balaban J connectivity index is 2.12. The summed E-state index contributed by atoms with van der Waals surface area (Å²) in [5.41, 5.74) is 1.40. The van der Waals surface area contributed by atoms with Crippen molar-refractivity contribution >= 4 is 11.8 Å². The first-order valence-electron chi connectivity index (χ1n) is 7.31. The molecule has 2 heterocycles. The van der Waals surface area contributed by atoms with E-state index in [1.54, 1.807) is 22.9 Å². The Kier molecular flexibility index (Phi) is 4.07. The number of amides is 2. The first-order valence-corrected chi connectivity index (χ1v) is 7.31. The van der Waals surface area contributed by atoms with Crippen LogP contribution < -0.4 is 0 Å². The van der Waals surface area contributed by atoms with Gasteiger partial charge in [0.15, 0.2) is 0 Å². The van der Waals surface area contributed by atoms with E-state index in [0.29, 0.717) is 31.7 Å². The zero-order valence-electron chi connectivity index (χ0n) is 13.5. The van der Waals surface area contributed by atoms with E-state index in [4.69, 9.17) is 0 Å². The van der Waals surface area contributed by atoms with E-state index in [-0.39, 0.29) is 17.4 Å². The van der Waals surface area contributed by atoms with Crippen molar-refractivity contribution in [3.05, 3.63) is 17.5 Å². The molecule has 0 spiro atoms. The molecule has 0 atom stereocenters. The lowest BCUT2D eigenvalue weighted by atomic mass is 10.1. The summed E-state index contributed by atoms with van der Waals surface area (Å²) in [7, 11) is 0. The molecule has 1 aliphatic heterocycles. The molecule has 0 unspecified atom stereocenters. The molecule has 1 saturated heterocycles. The van der Waals surface area contributed by atoms with Gasteiger partial charge >= 0.3 is 0 Å². The minimum atomic E-state index is -0.143. The second kappa shape index (κ2) is 5.50. The van der Waals surface area contributed by atoms with Crippen LogP contribution in [0.25, 0.3) is 0 Å². The lowest BCUT2D eigenvalue weighted by Gasteiger charge is -2.34. The van der Waals surface area contributed by atoms with Gasteiger partial charge in [-0.05, 0) is 27.7 Å². The van der Waals surface area contributed by atoms with Crippen LogP contribution in [0.4, 0.5) is 0 Å². The zero-order chi connectivity index (χ0) is 15.8. The van der Waals surface area contributed by atoms with Crippen LogP contribution in [0.2, 0.25) is 0 Å². The summed E-state index contributed by atoms with van der Waals surface area (Å²) >= 11 is 0. The van der Waals surface area contributed by atoms with E-state index in [2.05, 4.69) is 25.9 Å². The SMILES string of the molecule is CC(=O)N1CCN(C(=O)c2cnn(C(C)(C)C)c2C)CC1. The summed E-state index contributed by atoms with van der Waals surface area (Å²) in [6.45, 7) is 12.1. The minimum Gasteiger partial charge on any atom is -0.339 e.